The molecule has 0 aliphatic rings. The van der Waals surface area contributed by atoms with Crippen LogP contribution in [0.2, 0.25) is 5.02 Å². The minimum absolute atomic E-state index is 0.220. The summed E-state index contributed by atoms with van der Waals surface area (Å²) in [7, 11) is 4.67. The van der Waals surface area contributed by atoms with E-state index in [2.05, 4.69) is 0 Å². The molecular weight excluding hydrogens is 407 g/mol. The Kier molecular flexibility index (Phi) is 5.50. The monoisotopic (exact) mass is 426 g/mol. The molecule has 0 atom stereocenters. The molecule has 4 aromatic rings. The van der Waals surface area contributed by atoms with Crippen LogP contribution in [0.3, 0.4) is 0 Å². The van der Waals surface area contributed by atoms with Gasteiger partial charge in [-0.05, 0) is 36.4 Å². The first-order valence-corrected chi connectivity index (χ1v) is 9.63. The van der Waals surface area contributed by atoms with Gasteiger partial charge >= 0.3 is 0 Å². The summed E-state index contributed by atoms with van der Waals surface area (Å²) in [6, 6.07) is 16.0. The normalized spacial score (nSPS) is 11.0. The van der Waals surface area contributed by atoms with Gasteiger partial charge in [-0.2, -0.15) is 0 Å². The number of hydrogen-bond donors (Lipinski definition) is 0. The average molecular weight is 427 g/mol. The number of nitrogens with zero attached hydrogens (tertiary/aromatic N) is 2. The van der Waals surface area contributed by atoms with Crippen LogP contribution in [0.4, 0.5) is 4.39 Å². The van der Waals surface area contributed by atoms with E-state index < -0.39 is 0 Å². The lowest BCUT2D eigenvalue weighted by Gasteiger charge is -2.16. The summed E-state index contributed by atoms with van der Waals surface area (Å²) < 4.78 is 32.9. The van der Waals surface area contributed by atoms with Crippen molar-refractivity contribution in [2.45, 2.75) is 6.54 Å². The summed E-state index contributed by atoms with van der Waals surface area (Å²) in [5.74, 6) is 1.78. The van der Waals surface area contributed by atoms with Crippen LogP contribution in [-0.2, 0) is 6.54 Å². The van der Waals surface area contributed by atoms with Gasteiger partial charge in [-0.15, -0.1) is 0 Å². The summed E-state index contributed by atoms with van der Waals surface area (Å²) in [6.07, 6.45) is 0. The number of imidazole rings is 1. The summed E-state index contributed by atoms with van der Waals surface area (Å²) in [6.45, 7) is 0.220. The third-order valence-corrected chi connectivity index (χ3v) is 5.31. The topological polar surface area (TPSA) is 45.5 Å². The van der Waals surface area contributed by atoms with Crippen molar-refractivity contribution in [3.63, 3.8) is 0 Å². The highest BCUT2D eigenvalue weighted by atomic mass is 35.5. The standard InChI is InChI=1S/C23H20ClFN2O3/c1-28-20-11-14(12-21(29-2)22(20)30-3)23-26-18-9-4-5-10-19(18)27(23)13-15-16(24)7-6-8-17(15)25/h4-12H,13H2,1-3H3. The average Bonchev–Trinajstić information content (AvgIpc) is 3.13. The first-order valence-electron chi connectivity index (χ1n) is 9.26. The van der Waals surface area contributed by atoms with Gasteiger partial charge in [0.1, 0.15) is 11.6 Å². The Morgan fingerprint density at radius 3 is 2.27 bits per heavy atom. The second-order valence-corrected chi connectivity index (χ2v) is 7.03. The molecule has 0 unspecified atom stereocenters. The van der Waals surface area contributed by atoms with E-state index in [4.69, 9.17) is 30.8 Å². The molecule has 30 heavy (non-hydrogen) atoms. The highest BCUT2D eigenvalue weighted by Crippen LogP contribution is 2.41. The fraction of sp³-hybridized carbons (Fsp3) is 0.174. The molecule has 1 aromatic heterocycles. The summed E-state index contributed by atoms with van der Waals surface area (Å²) in [5.41, 5.74) is 2.79. The number of ether oxygens (including phenoxy) is 3. The summed E-state index contributed by atoms with van der Waals surface area (Å²) in [5, 5.41) is 0.364. The number of hydrogen-bond acceptors (Lipinski definition) is 4. The van der Waals surface area contributed by atoms with E-state index >= 15 is 0 Å². The Labute approximate surface area is 178 Å². The molecule has 0 bridgehead atoms. The van der Waals surface area contributed by atoms with Crippen molar-refractivity contribution in [2.75, 3.05) is 21.3 Å². The van der Waals surface area contributed by atoms with Crippen LogP contribution in [0.25, 0.3) is 22.4 Å². The van der Waals surface area contributed by atoms with Gasteiger partial charge in [0.2, 0.25) is 5.75 Å². The van der Waals surface area contributed by atoms with Gasteiger partial charge in [0.05, 0.1) is 38.9 Å². The maximum atomic E-state index is 14.5. The van der Waals surface area contributed by atoms with Crippen molar-refractivity contribution in [2.24, 2.45) is 0 Å². The van der Waals surface area contributed by atoms with E-state index in [1.54, 1.807) is 33.5 Å². The zero-order valence-electron chi connectivity index (χ0n) is 16.8. The minimum atomic E-state index is -0.365. The van der Waals surface area contributed by atoms with Crippen LogP contribution in [0.15, 0.2) is 54.6 Å². The second-order valence-electron chi connectivity index (χ2n) is 6.62. The quantitative estimate of drug-likeness (QED) is 0.404. The van der Waals surface area contributed by atoms with Gasteiger partial charge in [0.15, 0.2) is 11.5 Å². The molecule has 5 nitrogen and oxygen atoms in total. The van der Waals surface area contributed by atoms with Gasteiger partial charge in [0.25, 0.3) is 0 Å². The number of methoxy groups -OCH3 is 3. The molecule has 0 N–H and O–H groups in total. The van der Waals surface area contributed by atoms with Crippen molar-refractivity contribution in [1.82, 2.24) is 9.55 Å². The second kappa shape index (κ2) is 8.24. The molecule has 3 aromatic carbocycles. The predicted octanol–water partition coefficient (Wildman–Crippen LogP) is 5.57. The fourth-order valence-electron chi connectivity index (χ4n) is 3.51. The number of aromatic nitrogens is 2. The van der Waals surface area contributed by atoms with Gasteiger partial charge < -0.3 is 18.8 Å². The summed E-state index contributed by atoms with van der Waals surface area (Å²) in [4.78, 5) is 4.79. The zero-order valence-corrected chi connectivity index (χ0v) is 17.5. The fourth-order valence-corrected chi connectivity index (χ4v) is 3.73. The molecule has 0 aliphatic heterocycles. The number of rotatable bonds is 6. The lowest BCUT2D eigenvalue weighted by molar-refractivity contribution is 0.324. The Morgan fingerprint density at radius 2 is 1.63 bits per heavy atom. The van der Waals surface area contributed by atoms with Crippen LogP contribution in [-0.4, -0.2) is 30.9 Å². The third kappa shape index (κ3) is 3.44. The van der Waals surface area contributed by atoms with Crippen molar-refractivity contribution < 1.29 is 18.6 Å². The molecule has 0 saturated carbocycles. The molecule has 0 radical (unpaired) electrons. The minimum Gasteiger partial charge on any atom is -0.493 e. The smallest absolute Gasteiger partial charge is 0.203 e. The Hall–Kier alpha value is -3.25. The van der Waals surface area contributed by atoms with Gasteiger partial charge in [-0.1, -0.05) is 29.8 Å². The molecule has 7 heteroatoms. The van der Waals surface area contributed by atoms with Crippen molar-refractivity contribution in [1.29, 1.82) is 0 Å². The first kappa shape index (κ1) is 20.0. The Balaban J connectivity index is 1.95. The van der Waals surface area contributed by atoms with Crippen LogP contribution in [0.5, 0.6) is 17.2 Å². The molecule has 0 spiro atoms. The molecule has 1 heterocycles. The summed E-state index contributed by atoms with van der Waals surface area (Å²) >= 11 is 6.30. The van der Waals surface area contributed by atoms with Gasteiger partial charge in [0, 0.05) is 16.1 Å². The Bertz CT molecular complexity index is 1180. The van der Waals surface area contributed by atoms with Crippen LogP contribution < -0.4 is 14.2 Å². The van der Waals surface area contributed by atoms with E-state index in [1.807, 2.05) is 41.0 Å². The highest BCUT2D eigenvalue weighted by Gasteiger charge is 2.20. The number of benzene rings is 3. The van der Waals surface area contributed by atoms with Crippen LogP contribution in [0, 0.1) is 5.82 Å². The predicted molar refractivity (Wildman–Crippen MR) is 115 cm³/mol. The largest absolute Gasteiger partial charge is 0.493 e. The molecule has 0 aliphatic carbocycles. The molecular formula is C23H20ClFN2O3. The van der Waals surface area contributed by atoms with Crippen molar-refractivity contribution >= 4 is 22.6 Å². The molecule has 0 fully saturated rings. The lowest BCUT2D eigenvalue weighted by atomic mass is 10.1. The van der Waals surface area contributed by atoms with E-state index in [-0.39, 0.29) is 12.4 Å². The van der Waals surface area contributed by atoms with Crippen LogP contribution in [0.1, 0.15) is 5.56 Å². The Morgan fingerprint density at radius 1 is 0.933 bits per heavy atom. The zero-order chi connectivity index (χ0) is 21.3. The van der Waals surface area contributed by atoms with E-state index in [9.17, 15) is 4.39 Å². The highest BCUT2D eigenvalue weighted by molar-refractivity contribution is 6.31. The first-order chi connectivity index (χ1) is 14.6. The van der Waals surface area contributed by atoms with Crippen molar-refractivity contribution in [3.05, 3.63) is 71.0 Å². The van der Waals surface area contributed by atoms with Crippen LogP contribution >= 0.6 is 11.6 Å². The van der Waals surface area contributed by atoms with E-state index in [0.717, 1.165) is 16.6 Å². The maximum absolute atomic E-state index is 14.5. The van der Waals surface area contributed by atoms with E-state index in [0.29, 0.717) is 33.7 Å². The van der Waals surface area contributed by atoms with Gasteiger partial charge in [-0.3, -0.25) is 0 Å². The number of para-hydroxylation sites is 2. The third-order valence-electron chi connectivity index (χ3n) is 4.96. The molecule has 154 valence electrons. The molecule has 4 rings (SSSR count). The maximum Gasteiger partial charge on any atom is 0.203 e. The molecule has 0 saturated heterocycles. The van der Waals surface area contributed by atoms with Crippen molar-refractivity contribution in [3.8, 4) is 28.6 Å². The lowest BCUT2D eigenvalue weighted by Crippen LogP contribution is -2.05. The van der Waals surface area contributed by atoms with E-state index in [1.165, 1.54) is 6.07 Å². The van der Waals surface area contributed by atoms with Gasteiger partial charge in [-0.25, -0.2) is 9.37 Å². The molecule has 0 amide bonds. The number of fused-ring (bicyclic) bond motifs is 1. The number of halogens is 2. The SMILES string of the molecule is COc1cc(-c2nc3ccccc3n2Cc2c(F)cccc2Cl)cc(OC)c1OC.